The summed E-state index contributed by atoms with van der Waals surface area (Å²) in [5, 5.41) is 5.56. The van der Waals surface area contributed by atoms with Crippen LogP contribution in [0.3, 0.4) is 0 Å². The molecule has 2 heterocycles. The Labute approximate surface area is 160 Å². The molecule has 0 saturated carbocycles. The van der Waals surface area contributed by atoms with E-state index in [9.17, 15) is 4.79 Å². The highest BCUT2D eigenvalue weighted by Crippen LogP contribution is 2.31. The van der Waals surface area contributed by atoms with Crippen LogP contribution in [0.25, 0.3) is 21.8 Å². The fourth-order valence-corrected chi connectivity index (χ4v) is 4.09. The molecule has 4 rings (SSSR count). The number of fused-ring (bicyclic) bond motifs is 3. The number of hydrogen-bond acceptors (Lipinski definition) is 3. The van der Waals surface area contributed by atoms with Crippen molar-refractivity contribution in [2.75, 3.05) is 38.5 Å². The maximum Gasteiger partial charge on any atom is 0.241 e. The average Bonchev–Trinajstić information content (AvgIpc) is 3.01. The number of para-hydroxylation sites is 1. The van der Waals surface area contributed by atoms with Gasteiger partial charge in [0, 0.05) is 60.2 Å². The van der Waals surface area contributed by atoms with Crippen LogP contribution in [0.4, 0.5) is 5.69 Å². The van der Waals surface area contributed by atoms with E-state index in [2.05, 4.69) is 70.1 Å². The summed E-state index contributed by atoms with van der Waals surface area (Å²) in [6.07, 6.45) is 0. The van der Waals surface area contributed by atoms with Crippen LogP contribution >= 0.6 is 0 Å². The van der Waals surface area contributed by atoms with Gasteiger partial charge in [0.1, 0.15) is 0 Å². The van der Waals surface area contributed by atoms with E-state index in [1.807, 2.05) is 13.0 Å². The second kappa shape index (κ2) is 7.33. The van der Waals surface area contributed by atoms with Crippen molar-refractivity contribution in [2.45, 2.75) is 26.4 Å². The lowest BCUT2D eigenvalue weighted by Gasteiger charge is -2.35. The number of aryl methyl sites for hydroxylation is 1. The SMILES string of the molecule is CCn1c2ccccc2c2cc(NC(=O)C(C)N3CCN(C)CC3)ccc21. The third-order valence-corrected chi connectivity index (χ3v) is 5.82. The summed E-state index contributed by atoms with van der Waals surface area (Å²) >= 11 is 0. The van der Waals surface area contributed by atoms with Crippen LogP contribution in [-0.2, 0) is 11.3 Å². The van der Waals surface area contributed by atoms with Crippen molar-refractivity contribution < 1.29 is 4.79 Å². The molecule has 0 aliphatic carbocycles. The molecule has 0 spiro atoms. The highest BCUT2D eigenvalue weighted by Gasteiger charge is 2.24. The zero-order chi connectivity index (χ0) is 19.0. The number of aromatic nitrogens is 1. The van der Waals surface area contributed by atoms with Crippen molar-refractivity contribution >= 4 is 33.4 Å². The van der Waals surface area contributed by atoms with Gasteiger partial charge in [0.05, 0.1) is 6.04 Å². The Balaban J connectivity index is 1.59. The van der Waals surface area contributed by atoms with E-state index in [1.54, 1.807) is 0 Å². The molecule has 3 aromatic rings. The minimum Gasteiger partial charge on any atom is -0.341 e. The first-order valence-corrected chi connectivity index (χ1v) is 9.83. The number of rotatable bonds is 4. The van der Waals surface area contributed by atoms with Crippen molar-refractivity contribution in [2.24, 2.45) is 0 Å². The molecule has 1 atom stereocenters. The van der Waals surface area contributed by atoms with Gasteiger partial charge in [-0.05, 0) is 45.2 Å². The molecular formula is C22H28N4O. The monoisotopic (exact) mass is 364 g/mol. The Morgan fingerprint density at radius 1 is 1.04 bits per heavy atom. The fraction of sp³-hybridized carbons (Fsp3) is 0.409. The van der Waals surface area contributed by atoms with Crippen LogP contribution in [-0.4, -0.2) is 59.5 Å². The van der Waals surface area contributed by atoms with Crippen LogP contribution in [0.5, 0.6) is 0 Å². The molecule has 1 fully saturated rings. The molecule has 1 unspecified atom stereocenters. The molecule has 1 saturated heterocycles. The highest BCUT2D eigenvalue weighted by atomic mass is 16.2. The summed E-state index contributed by atoms with van der Waals surface area (Å²) in [5.74, 6) is 0.0677. The molecular weight excluding hydrogens is 336 g/mol. The molecule has 1 aliphatic rings. The number of anilines is 1. The van der Waals surface area contributed by atoms with Crippen molar-refractivity contribution in [1.82, 2.24) is 14.4 Å². The van der Waals surface area contributed by atoms with Crippen molar-refractivity contribution in [3.8, 4) is 0 Å². The summed E-state index contributed by atoms with van der Waals surface area (Å²) in [7, 11) is 2.13. The summed E-state index contributed by atoms with van der Waals surface area (Å²) in [5.41, 5.74) is 3.32. The van der Waals surface area contributed by atoms with Gasteiger partial charge in [-0.1, -0.05) is 18.2 Å². The molecule has 1 aliphatic heterocycles. The van der Waals surface area contributed by atoms with Crippen molar-refractivity contribution in [3.05, 3.63) is 42.5 Å². The quantitative estimate of drug-likeness (QED) is 0.771. The van der Waals surface area contributed by atoms with Gasteiger partial charge in [-0.3, -0.25) is 9.69 Å². The van der Waals surface area contributed by atoms with Gasteiger partial charge in [-0.25, -0.2) is 0 Å². The summed E-state index contributed by atoms with van der Waals surface area (Å²) in [6.45, 7) is 9.00. The average molecular weight is 364 g/mol. The van der Waals surface area contributed by atoms with Crippen LogP contribution in [0, 0.1) is 0 Å². The molecule has 1 amide bonds. The number of hydrogen-bond donors (Lipinski definition) is 1. The lowest BCUT2D eigenvalue weighted by Crippen LogP contribution is -2.51. The molecule has 2 aromatic carbocycles. The van der Waals surface area contributed by atoms with Crippen molar-refractivity contribution in [1.29, 1.82) is 0 Å². The largest absolute Gasteiger partial charge is 0.341 e. The third-order valence-electron chi connectivity index (χ3n) is 5.82. The number of nitrogens with zero attached hydrogens (tertiary/aromatic N) is 3. The smallest absolute Gasteiger partial charge is 0.241 e. The topological polar surface area (TPSA) is 40.5 Å². The minimum atomic E-state index is -0.119. The summed E-state index contributed by atoms with van der Waals surface area (Å²) < 4.78 is 2.32. The maximum atomic E-state index is 12.8. The number of benzene rings is 2. The Morgan fingerprint density at radius 2 is 1.74 bits per heavy atom. The minimum absolute atomic E-state index is 0.0677. The predicted molar refractivity (Wildman–Crippen MR) is 112 cm³/mol. The van der Waals surface area contributed by atoms with E-state index in [4.69, 9.17) is 0 Å². The van der Waals surface area contributed by atoms with E-state index in [0.29, 0.717) is 0 Å². The molecule has 142 valence electrons. The number of carbonyl (C=O) groups excluding carboxylic acids is 1. The summed E-state index contributed by atoms with van der Waals surface area (Å²) in [4.78, 5) is 17.3. The van der Waals surface area contributed by atoms with E-state index in [-0.39, 0.29) is 11.9 Å². The number of nitrogens with one attached hydrogen (secondary N) is 1. The number of likely N-dealkylation sites (N-methyl/N-ethyl adjacent to an activating group) is 1. The van der Waals surface area contributed by atoms with Gasteiger partial charge in [0.2, 0.25) is 5.91 Å². The zero-order valence-electron chi connectivity index (χ0n) is 16.4. The van der Waals surface area contributed by atoms with Crippen LogP contribution in [0.2, 0.25) is 0 Å². The van der Waals surface area contributed by atoms with Crippen molar-refractivity contribution in [3.63, 3.8) is 0 Å². The van der Waals surface area contributed by atoms with Crippen LogP contribution < -0.4 is 5.32 Å². The number of carbonyl (C=O) groups is 1. The normalized spacial score (nSPS) is 17.4. The van der Waals surface area contributed by atoms with Gasteiger partial charge in [0.25, 0.3) is 0 Å². The van der Waals surface area contributed by atoms with E-state index < -0.39 is 0 Å². The predicted octanol–water partition coefficient (Wildman–Crippen LogP) is 3.39. The standard InChI is InChI=1S/C22H28N4O/c1-4-26-20-8-6-5-7-18(20)19-15-17(9-10-21(19)26)23-22(27)16(2)25-13-11-24(3)12-14-25/h5-10,15-16H,4,11-14H2,1-3H3,(H,23,27). The second-order valence-corrected chi connectivity index (χ2v) is 7.50. The maximum absolute atomic E-state index is 12.8. The molecule has 5 nitrogen and oxygen atoms in total. The molecule has 0 bridgehead atoms. The van der Waals surface area contributed by atoms with Gasteiger partial charge in [-0.2, -0.15) is 0 Å². The molecule has 1 N–H and O–H groups in total. The first kappa shape index (κ1) is 18.0. The van der Waals surface area contributed by atoms with Gasteiger partial charge < -0.3 is 14.8 Å². The Hall–Kier alpha value is -2.37. The second-order valence-electron chi connectivity index (χ2n) is 7.50. The Kier molecular flexibility index (Phi) is 4.89. The molecule has 5 heteroatoms. The summed E-state index contributed by atoms with van der Waals surface area (Å²) in [6, 6.07) is 14.6. The first-order chi connectivity index (χ1) is 13.1. The van der Waals surface area contributed by atoms with Gasteiger partial charge >= 0.3 is 0 Å². The molecule has 0 radical (unpaired) electrons. The van der Waals surface area contributed by atoms with Crippen LogP contribution in [0.15, 0.2) is 42.5 Å². The van der Waals surface area contributed by atoms with Gasteiger partial charge in [0.15, 0.2) is 0 Å². The number of piperazine rings is 1. The molecule has 1 aromatic heterocycles. The third kappa shape index (κ3) is 3.33. The first-order valence-electron chi connectivity index (χ1n) is 9.83. The highest BCUT2D eigenvalue weighted by molar-refractivity contribution is 6.10. The lowest BCUT2D eigenvalue weighted by molar-refractivity contribution is -0.121. The van der Waals surface area contributed by atoms with E-state index >= 15 is 0 Å². The Morgan fingerprint density at radius 3 is 2.48 bits per heavy atom. The fourth-order valence-electron chi connectivity index (χ4n) is 4.09. The van der Waals surface area contributed by atoms with E-state index in [0.717, 1.165) is 38.4 Å². The molecule has 27 heavy (non-hydrogen) atoms. The Bertz CT molecular complexity index is 969. The van der Waals surface area contributed by atoms with E-state index in [1.165, 1.54) is 21.8 Å². The zero-order valence-corrected chi connectivity index (χ0v) is 16.4. The number of amides is 1. The lowest BCUT2D eigenvalue weighted by atomic mass is 10.1. The van der Waals surface area contributed by atoms with Gasteiger partial charge in [-0.15, -0.1) is 0 Å². The van der Waals surface area contributed by atoms with Crippen LogP contribution in [0.1, 0.15) is 13.8 Å².